The summed E-state index contributed by atoms with van der Waals surface area (Å²) < 4.78 is 11.0. The summed E-state index contributed by atoms with van der Waals surface area (Å²) in [6.45, 7) is 11.9. The number of rotatable bonds is 10. The second-order valence-corrected chi connectivity index (χ2v) is 8.30. The van der Waals surface area contributed by atoms with E-state index in [-0.39, 0.29) is 36.5 Å². The van der Waals surface area contributed by atoms with Crippen LogP contribution in [0, 0.1) is 5.41 Å². The van der Waals surface area contributed by atoms with Gasteiger partial charge in [0.25, 0.3) is 5.91 Å². The van der Waals surface area contributed by atoms with Crippen LogP contribution in [0.3, 0.4) is 0 Å². The molecular formula is C22H39IN4O3. The number of halogens is 1. The first-order valence-corrected chi connectivity index (χ1v) is 10.2. The van der Waals surface area contributed by atoms with Gasteiger partial charge in [0.05, 0.1) is 7.11 Å². The van der Waals surface area contributed by atoms with Crippen LogP contribution in [0.5, 0.6) is 11.5 Å². The number of methoxy groups -OCH3 is 1. The van der Waals surface area contributed by atoms with Crippen molar-refractivity contribution in [1.82, 2.24) is 16.0 Å². The molecule has 0 saturated carbocycles. The highest BCUT2D eigenvalue weighted by atomic mass is 127. The molecule has 1 unspecified atom stereocenters. The minimum Gasteiger partial charge on any atom is -0.493 e. The monoisotopic (exact) mass is 534 g/mol. The second-order valence-electron chi connectivity index (χ2n) is 8.30. The van der Waals surface area contributed by atoms with Crippen molar-refractivity contribution in [3.05, 3.63) is 23.8 Å². The molecule has 0 aliphatic heterocycles. The summed E-state index contributed by atoms with van der Waals surface area (Å²) in [7, 11) is 3.35. The summed E-state index contributed by atoms with van der Waals surface area (Å²) >= 11 is 0. The van der Waals surface area contributed by atoms with E-state index in [0.717, 1.165) is 24.4 Å². The van der Waals surface area contributed by atoms with Gasteiger partial charge in [0.1, 0.15) is 0 Å². The first-order chi connectivity index (χ1) is 13.7. The third-order valence-corrected chi connectivity index (χ3v) is 4.35. The molecule has 0 bridgehead atoms. The van der Waals surface area contributed by atoms with Crippen LogP contribution in [0.2, 0.25) is 0 Å². The van der Waals surface area contributed by atoms with Gasteiger partial charge in [-0.15, -0.1) is 24.0 Å². The summed E-state index contributed by atoms with van der Waals surface area (Å²) in [5, 5.41) is 9.46. The fourth-order valence-electron chi connectivity index (χ4n) is 2.67. The predicted octanol–water partition coefficient (Wildman–Crippen LogP) is 3.71. The Kier molecular flexibility index (Phi) is 13.5. The number of ether oxygens (including phenoxy) is 2. The van der Waals surface area contributed by atoms with Crippen molar-refractivity contribution >= 4 is 35.8 Å². The highest BCUT2D eigenvalue weighted by molar-refractivity contribution is 14.0. The molecule has 0 fully saturated rings. The Morgan fingerprint density at radius 3 is 2.47 bits per heavy atom. The number of nitrogens with zero attached hydrogens (tertiary/aromatic N) is 1. The van der Waals surface area contributed by atoms with Crippen molar-refractivity contribution in [1.29, 1.82) is 0 Å². The molecule has 1 aromatic carbocycles. The third-order valence-electron chi connectivity index (χ3n) is 4.35. The first kappa shape index (κ1) is 28.3. The van der Waals surface area contributed by atoms with E-state index in [0.29, 0.717) is 36.0 Å². The van der Waals surface area contributed by atoms with Crippen molar-refractivity contribution < 1.29 is 14.3 Å². The second kappa shape index (κ2) is 14.3. The van der Waals surface area contributed by atoms with E-state index >= 15 is 0 Å². The normalized spacial score (nSPS) is 12.4. The maximum Gasteiger partial charge on any atom is 0.257 e. The maximum absolute atomic E-state index is 11.6. The number of nitrogens with one attached hydrogen (secondary N) is 3. The largest absolute Gasteiger partial charge is 0.493 e. The lowest BCUT2D eigenvalue weighted by molar-refractivity contribution is -0.123. The topological polar surface area (TPSA) is 84.0 Å². The van der Waals surface area contributed by atoms with Gasteiger partial charge >= 0.3 is 0 Å². The standard InChI is InChI=1S/C22H38N4O3.HI/c1-8-24-20(27)15-29-18-10-9-17(13-19(18)28-7)14-25-21(23-6)26-16(2)11-12-22(3,4)5;/h9-10,13,16H,8,11-12,14-15H2,1-7H3,(H,24,27)(H2,23,25,26);1H. The predicted molar refractivity (Wildman–Crippen MR) is 134 cm³/mol. The van der Waals surface area contributed by atoms with E-state index in [1.54, 1.807) is 14.2 Å². The van der Waals surface area contributed by atoms with E-state index < -0.39 is 0 Å². The minimum absolute atomic E-state index is 0. The van der Waals surface area contributed by atoms with Crippen molar-refractivity contribution in [2.45, 2.75) is 60.0 Å². The summed E-state index contributed by atoms with van der Waals surface area (Å²) in [5.74, 6) is 1.74. The fraction of sp³-hybridized carbons (Fsp3) is 0.636. The Labute approximate surface area is 198 Å². The summed E-state index contributed by atoms with van der Waals surface area (Å²) in [5.41, 5.74) is 1.35. The molecule has 3 N–H and O–H groups in total. The van der Waals surface area contributed by atoms with Gasteiger partial charge in [0, 0.05) is 26.2 Å². The molecule has 30 heavy (non-hydrogen) atoms. The molecule has 1 amide bonds. The fourth-order valence-corrected chi connectivity index (χ4v) is 2.67. The van der Waals surface area contributed by atoms with Gasteiger partial charge < -0.3 is 25.4 Å². The molecule has 1 atom stereocenters. The molecule has 172 valence electrons. The van der Waals surface area contributed by atoms with Gasteiger partial charge in [-0.05, 0) is 49.8 Å². The van der Waals surface area contributed by atoms with Gasteiger partial charge in [-0.1, -0.05) is 26.8 Å². The Bertz CT molecular complexity index is 675. The number of hydrogen-bond acceptors (Lipinski definition) is 4. The Balaban J connectivity index is 0.00000841. The zero-order valence-electron chi connectivity index (χ0n) is 19.4. The van der Waals surface area contributed by atoms with E-state index in [1.165, 1.54) is 0 Å². The number of carbonyl (C=O) groups is 1. The lowest BCUT2D eigenvalue weighted by Gasteiger charge is -2.23. The highest BCUT2D eigenvalue weighted by Crippen LogP contribution is 2.28. The van der Waals surface area contributed by atoms with E-state index in [4.69, 9.17) is 9.47 Å². The minimum atomic E-state index is -0.157. The summed E-state index contributed by atoms with van der Waals surface area (Å²) in [4.78, 5) is 15.9. The van der Waals surface area contributed by atoms with Crippen molar-refractivity contribution in [3.8, 4) is 11.5 Å². The van der Waals surface area contributed by atoms with Crippen molar-refractivity contribution in [2.75, 3.05) is 27.3 Å². The summed E-state index contributed by atoms with van der Waals surface area (Å²) in [6.07, 6.45) is 2.22. The molecular weight excluding hydrogens is 495 g/mol. The lowest BCUT2D eigenvalue weighted by Crippen LogP contribution is -2.42. The van der Waals surface area contributed by atoms with Crippen LogP contribution in [-0.4, -0.2) is 45.2 Å². The molecule has 0 spiro atoms. The quantitative estimate of drug-likeness (QED) is 0.242. The summed E-state index contributed by atoms with van der Waals surface area (Å²) in [6, 6.07) is 5.99. The van der Waals surface area contributed by atoms with Crippen LogP contribution in [0.25, 0.3) is 0 Å². The van der Waals surface area contributed by atoms with Crippen LogP contribution in [0.15, 0.2) is 23.2 Å². The van der Waals surface area contributed by atoms with Crippen LogP contribution in [0.1, 0.15) is 53.0 Å². The number of aliphatic imine (C=N–C) groups is 1. The smallest absolute Gasteiger partial charge is 0.257 e. The number of benzene rings is 1. The van der Waals surface area contributed by atoms with E-state index in [1.807, 2.05) is 25.1 Å². The molecule has 8 heteroatoms. The molecule has 0 saturated heterocycles. The number of amides is 1. The zero-order chi connectivity index (χ0) is 21.9. The van der Waals surface area contributed by atoms with Crippen LogP contribution < -0.4 is 25.4 Å². The molecule has 0 aliphatic rings. The third kappa shape index (κ3) is 11.5. The Hall–Kier alpha value is -1.71. The molecule has 1 rings (SSSR count). The first-order valence-electron chi connectivity index (χ1n) is 10.2. The average molecular weight is 534 g/mol. The molecule has 0 aromatic heterocycles. The molecule has 0 aliphatic carbocycles. The number of hydrogen-bond donors (Lipinski definition) is 3. The Morgan fingerprint density at radius 2 is 1.90 bits per heavy atom. The highest BCUT2D eigenvalue weighted by Gasteiger charge is 2.14. The number of guanidine groups is 1. The van der Waals surface area contributed by atoms with Gasteiger partial charge in [-0.2, -0.15) is 0 Å². The van der Waals surface area contributed by atoms with Gasteiger partial charge in [-0.3, -0.25) is 9.79 Å². The maximum atomic E-state index is 11.6. The van der Waals surface area contributed by atoms with Crippen LogP contribution in [0.4, 0.5) is 0 Å². The van der Waals surface area contributed by atoms with E-state index in [2.05, 4.69) is 48.6 Å². The van der Waals surface area contributed by atoms with Crippen LogP contribution in [-0.2, 0) is 11.3 Å². The van der Waals surface area contributed by atoms with Gasteiger partial charge in [0.15, 0.2) is 24.1 Å². The average Bonchev–Trinajstić information content (AvgIpc) is 2.67. The molecule has 0 radical (unpaired) electrons. The van der Waals surface area contributed by atoms with Gasteiger partial charge in [0.2, 0.25) is 0 Å². The van der Waals surface area contributed by atoms with E-state index in [9.17, 15) is 4.79 Å². The van der Waals surface area contributed by atoms with Crippen LogP contribution >= 0.6 is 24.0 Å². The van der Waals surface area contributed by atoms with Gasteiger partial charge in [-0.25, -0.2) is 0 Å². The number of carbonyl (C=O) groups excluding carboxylic acids is 1. The SMILES string of the molecule is CCNC(=O)COc1ccc(CNC(=NC)NC(C)CCC(C)(C)C)cc1OC.I. The number of likely N-dealkylation sites (N-methyl/N-ethyl adjacent to an activating group) is 1. The zero-order valence-corrected chi connectivity index (χ0v) is 21.8. The molecule has 0 heterocycles. The molecule has 7 nitrogen and oxygen atoms in total. The van der Waals surface area contributed by atoms with Crippen molar-refractivity contribution in [2.24, 2.45) is 10.4 Å². The molecule has 1 aromatic rings. The lowest BCUT2D eigenvalue weighted by atomic mass is 9.89. The van der Waals surface area contributed by atoms with Crippen molar-refractivity contribution in [3.63, 3.8) is 0 Å². The Morgan fingerprint density at radius 1 is 1.20 bits per heavy atom.